The molecule has 0 amide bonds. The van der Waals surface area contributed by atoms with Gasteiger partial charge in [0.25, 0.3) is 0 Å². The van der Waals surface area contributed by atoms with Gasteiger partial charge in [0, 0.05) is 6.42 Å². The lowest BCUT2D eigenvalue weighted by Gasteiger charge is -2.09. The van der Waals surface area contributed by atoms with Crippen molar-refractivity contribution in [3.63, 3.8) is 0 Å². The fourth-order valence-corrected chi connectivity index (χ4v) is 1.30. The molecule has 0 bridgehead atoms. The van der Waals surface area contributed by atoms with E-state index in [1.54, 1.807) is 13.1 Å². The Hall–Kier alpha value is -1.57. The maximum Gasteiger partial charge on any atom is 0.119 e. The fourth-order valence-electron chi connectivity index (χ4n) is 1.30. The Morgan fingerprint density at radius 2 is 2.38 bits per heavy atom. The average molecular weight is 220 g/mol. The Labute approximate surface area is 95.5 Å². The number of hydrogen-bond donors (Lipinski definition) is 2. The number of nitriles is 1. The van der Waals surface area contributed by atoms with E-state index in [0.717, 1.165) is 11.3 Å². The minimum Gasteiger partial charge on any atom is -0.493 e. The Bertz CT molecular complexity index is 360. The second-order valence-electron chi connectivity index (χ2n) is 3.41. The predicted molar refractivity (Wildman–Crippen MR) is 60.9 cm³/mol. The number of ether oxygens (including phenoxy) is 1. The fraction of sp³-hybridized carbons (Fsp3) is 0.417. The van der Waals surface area contributed by atoms with Gasteiger partial charge in [-0.15, -0.1) is 0 Å². The summed E-state index contributed by atoms with van der Waals surface area (Å²) in [6.07, 6.45) is 0.635. The summed E-state index contributed by atoms with van der Waals surface area (Å²) < 4.78 is 5.48. The Morgan fingerprint density at radius 1 is 1.56 bits per heavy atom. The molecule has 4 nitrogen and oxygen atoms in total. The highest BCUT2D eigenvalue weighted by Crippen LogP contribution is 2.13. The zero-order chi connectivity index (χ0) is 11.8. The zero-order valence-corrected chi connectivity index (χ0v) is 9.31. The van der Waals surface area contributed by atoms with E-state index in [9.17, 15) is 0 Å². The first-order valence-corrected chi connectivity index (χ1v) is 5.19. The maximum absolute atomic E-state index is 8.94. The molecular formula is C12H16N2O2. The summed E-state index contributed by atoms with van der Waals surface area (Å²) >= 11 is 0. The van der Waals surface area contributed by atoms with E-state index in [1.165, 1.54) is 0 Å². The van der Waals surface area contributed by atoms with Crippen LogP contribution in [0.25, 0.3) is 0 Å². The van der Waals surface area contributed by atoms with Crippen LogP contribution in [-0.4, -0.2) is 24.8 Å². The standard InChI is InChI=1S/C12H16N2O2/c1-14-11(8-13)5-6-16-12-4-2-3-10(7-12)9-15/h2-4,7,11,14-15H,5-6,9H2,1H3. The van der Waals surface area contributed by atoms with Crippen molar-refractivity contribution in [2.45, 2.75) is 19.1 Å². The largest absolute Gasteiger partial charge is 0.493 e. The van der Waals surface area contributed by atoms with E-state index in [0.29, 0.717) is 13.0 Å². The van der Waals surface area contributed by atoms with Crippen LogP contribution < -0.4 is 10.1 Å². The molecule has 0 spiro atoms. The van der Waals surface area contributed by atoms with Crippen molar-refractivity contribution in [2.24, 2.45) is 0 Å². The summed E-state index contributed by atoms with van der Waals surface area (Å²) in [6, 6.07) is 9.24. The van der Waals surface area contributed by atoms with Crippen LogP contribution in [0, 0.1) is 11.3 Å². The molecule has 1 aromatic rings. The number of rotatable bonds is 6. The molecule has 0 aromatic heterocycles. The van der Waals surface area contributed by atoms with Crippen molar-refractivity contribution in [2.75, 3.05) is 13.7 Å². The lowest BCUT2D eigenvalue weighted by Crippen LogP contribution is -2.25. The molecule has 0 aliphatic heterocycles. The first-order valence-electron chi connectivity index (χ1n) is 5.19. The SMILES string of the molecule is CNC(C#N)CCOc1cccc(CO)c1. The van der Waals surface area contributed by atoms with Gasteiger partial charge in [0.15, 0.2) is 0 Å². The number of aliphatic hydroxyl groups is 1. The highest BCUT2D eigenvalue weighted by atomic mass is 16.5. The van der Waals surface area contributed by atoms with E-state index < -0.39 is 0 Å². The normalized spacial score (nSPS) is 11.8. The minimum absolute atomic E-state index is 0.00847. The lowest BCUT2D eigenvalue weighted by molar-refractivity contribution is 0.277. The van der Waals surface area contributed by atoms with Crippen LogP contribution in [-0.2, 0) is 6.61 Å². The molecule has 0 saturated carbocycles. The van der Waals surface area contributed by atoms with Gasteiger partial charge < -0.3 is 15.2 Å². The van der Waals surface area contributed by atoms with Gasteiger partial charge in [0.1, 0.15) is 5.75 Å². The third-order valence-electron chi connectivity index (χ3n) is 2.26. The van der Waals surface area contributed by atoms with E-state index >= 15 is 0 Å². The monoisotopic (exact) mass is 220 g/mol. The van der Waals surface area contributed by atoms with Crippen LogP contribution in [0.5, 0.6) is 5.75 Å². The summed E-state index contributed by atoms with van der Waals surface area (Å²) in [5, 5.41) is 20.5. The molecule has 0 aliphatic rings. The molecule has 1 atom stereocenters. The van der Waals surface area contributed by atoms with Crippen LogP contribution in [0.3, 0.4) is 0 Å². The van der Waals surface area contributed by atoms with Crippen LogP contribution >= 0.6 is 0 Å². The number of nitrogens with one attached hydrogen (secondary N) is 1. The predicted octanol–water partition coefficient (Wildman–Crippen LogP) is 1.06. The summed E-state index contributed by atoms with van der Waals surface area (Å²) in [4.78, 5) is 0. The van der Waals surface area contributed by atoms with Crippen molar-refractivity contribution in [3.05, 3.63) is 29.8 Å². The van der Waals surface area contributed by atoms with Gasteiger partial charge in [-0.2, -0.15) is 5.26 Å². The molecule has 1 aromatic carbocycles. The van der Waals surface area contributed by atoms with Gasteiger partial charge in [-0.1, -0.05) is 12.1 Å². The quantitative estimate of drug-likeness (QED) is 0.752. The van der Waals surface area contributed by atoms with Crippen molar-refractivity contribution < 1.29 is 9.84 Å². The lowest BCUT2D eigenvalue weighted by atomic mass is 10.2. The molecule has 2 N–H and O–H groups in total. The average Bonchev–Trinajstić information content (AvgIpc) is 2.35. The topological polar surface area (TPSA) is 65.3 Å². The molecule has 0 saturated heterocycles. The van der Waals surface area contributed by atoms with Crippen LogP contribution in [0.15, 0.2) is 24.3 Å². The first-order chi connectivity index (χ1) is 7.80. The van der Waals surface area contributed by atoms with Gasteiger partial charge in [0.2, 0.25) is 0 Å². The highest BCUT2D eigenvalue weighted by Gasteiger charge is 2.03. The molecule has 1 unspecified atom stereocenters. The minimum atomic E-state index is -0.180. The van der Waals surface area contributed by atoms with Crippen LogP contribution in [0.2, 0.25) is 0 Å². The van der Waals surface area contributed by atoms with Gasteiger partial charge in [-0.25, -0.2) is 0 Å². The summed E-state index contributed by atoms with van der Waals surface area (Å²) in [5.74, 6) is 0.722. The van der Waals surface area contributed by atoms with Crippen molar-refractivity contribution in [3.8, 4) is 11.8 Å². The summed E-state index contributed by atoms with van der Waals surface area (Å²) in [7, 11) is 1.75. The summed E-state index contributed by atoms with van der Waals surface area (Å²) in [6.45, 7) is 0.489. The van der Waals surface area contributed by atoms with Crippen LogP contribution in [0.1, 0.15) is 12.0 Å². The third-order valence-corrected chi connectivity index (χ3v) is 2.26. The molecule has 0 aliphatic carbocycles. The summed E-state index contributed by atoms with van der Waals surface area (Å²) in [5.41, 5.74) is 0.822. The van der Waals surface area contributed by atoms with E-state index in [4.69, 9.17) is 15.1 Å². The van der Waals surface area contributed by atoms with Crippen LogP contribution in [0.4, 0.5) is 0 Å². The number of benzene rings is 1. The van der Waals surface area contributed by atoms with Gasteiger partial charge >= 0.3 is 0 Å². The van der Waals surface area contributed by atoms with Crippen molar-refractivity contribution >= 4 is 0 Å². The van der Waals surface area contributed by atoms with E-state index in [-0.39, 0.29) is 12.6 Å². The molecule has 0 fully saturated rings. The second-order valence-corrected chi connectivity index (χ2v) is 3.41. The van der Waals surface area contributed by atoms with Gasteiger partial charge in [0.05, 0.1) is 25.3 Å². The molecule has 86 valence electrons. The number of aliphatic hydroxyl groups excluding tert-OH is 1. The molecular weight excluding hydrogens is 204 g/mol. The Kier molecular flexibility index (Phi) is 5.34. The smallest absolute Gasteiger partial charge is 0.119 e. The molecule has 0 radical (unpaired) electrons. The van der Waals surface area contributed by atoms with Gasteiger partial charge in [-0.05, 0) is 24.7 Å². The third kappa shape index (κ3) is 3.89. The Balaban J connectivity index is 2.40. The van der Waals surface area contributed by atoms with Gasteiger partial charge in [-0.3, -0.25) is 0 Å². The molecule has 16 heavy (non-hydrogen) atoms. The Morgan fingerprint density at radius 3 is 3.00 bits per heavy atom. The second kappa shape index (κ2) is 6.83. The first kappa shape index (κ1) is 12.5. The van der Waals surface area contributed by atoms with Crippen molar-refractivity contribution in [1.82, 2.24) is 5.32 Å². The molecule has 0 heterocycles. The highest BCUT2D eigenvalue weighted by molar-refractivity contribution is 5.27. The zero-order valence-electron chi connectivity index (χ0n) is 9.31. The number of nitrogens with zero attached hydrogens (tertiary/aromatic N) is 1. The number of hydrogen-bond acceptors (Lipinski definition) is 4. The van der Waals surface area contributed by atoms with E-state index in [2.05, 4.69) is 11.4 Å². The van der Waals surface area contributed by atoms with Crippen molar-refractivity contribution in [1.29, 1.82) is 5.26 Å². The van der Waals surface area contributed by atoms with E-state index in [1.807, 2.05) is 18.2 Å². The maximum atomic E-state index is 8.94. The molecule has 1 rings (SSSR count). The molecule has 4 heteroatoms.